The number of imidazole rings is 1. The van der Waals surface area contributed by atoms with E-state index in [4.69, 9.17) is 17.0 Å². The maximum atomic E-state index is 13.3. The number of rotatable bonds is 8. The summed E-state index contributed by atoms with van der Waals surface area (Å²) in [5.74, 6) is -0.649. The van der Waals surface area contributed by atoms with E-state index in [2.05, 4.69) is 25.0 Å². The molecule has 0 spiro atoms. The largest absolute Gasteiger partial charge is 0.356 e. The summed E-state index contributed by atoms with van der Waals surface area (Å²) in [6.07, 6.45) is 1.74. The molecule has 0 saturated carbocycles. The van der Waals surface area contributed by atoms with Crippen molar-refractivity contribution in [3.05, 3.63) is 46.9 Å². The second kappa shape index (κ2) is 9.07. The Bertz CT molecular complexity index is 1020. The Morgan fingerprint density at radius 2 is 2.17 bits per heavy atom. The fraction of sp³-hybridized carbons (Fsp3) is 0.235. The van der Waals surface area contributed by atoms with Crippen LogP contribution in [0.15, 0.2) is 30.5 Å². The maximum Gasteiger partial charge on any atom is 0.345 e. The predicted molar refractivity (Wildman–Crippen MR) is 101 cm³/mol. The van der Waals surface area contributed by atoms with Crippen LogP contribution >= 0.6 is 11.6 Å². The lowest BCUT2D eigenvalue weighted by atomic mass is 10.2. The molecule has 0 aliphatic rings. The maximum absolute atomic E-state index is 13.3. The van der Waals surface area contributed by atoms with Gasteiger partial charge in [-0.1, -0.05) is 11.6 Å². The summed E-state index contributed by atoms with van der Waals surface area (Å²) in [6, 6.07) is 5.03. The van der Waals surface area contributed by atoms with Gasteiger partial charge in [-0.05, 0) is 30.7 Å². The van der Waals surface area contributed by atoms with Gasteiger partial charge in [-0.15, -0.1) is 0 Å². The number of hydrogen-bond donors (Lipinski definition) is 4. The van der Waals surface area contributed by atoms with Gasteiger partial charge in [-0.3, -0.25) is 10.6 Å². The molecule has 3 aromatic rings. The van der Waals surface area contributed by atoms with Crippen molar-refractivity contribution in [1.29, 1.82) is 5.41 Å². The van der Waals surface area contributed by atoms with Crippen LogP contribution in [0.1, 0.15) is 12.0 Å². The first-order chi connectivity index (χ1) is 13.9. The molecule has 29 heavy (non-hydrogen) atoms. The van der Waals surface area contributed by atoms with Crippen LogP contribution in [0.3, 0.4) is 0 Å². The zero-order chi connectivity index (χ0) is 21.0. The highest BCUT2D eigenvalue weighted by atomic mass is 35.5. The van der Waals surface area contributed by atoms with Gasteiger partial charge in [0.15, 0.2) is 11.5 Å². The minimum Gasteiger partial charge on any atom is -0.356 e. The molecule has 0 saturated heterocycles. The summed E-state index contributed by atoms with van der Waals surface area (Å²) in [5.41, 5.74) is 1.03. The number of hydrogen-bond acceptors (Lipinski definition) is 6. The smallest absolute Gasteiger partial charge is 0.345 e. The van der Waals surface area contributed by atoms with Crippen LogP contribution in [-0.4, -0.2) is 45.8 Å². The average Bonchev–Trinajstić information content (AvgIpc) is 3.11. The van der Waals surface area contributed by atoms with E-state index in [9.17, 15) is 18.4 Å². The van der Waals surface area contributed by atoms with Gasteiger partial charge < -0.3 is 15.0 Å². The van der Waals surface area contributed by atoms with Crippen LogP contribution in [0.4, 0.5) is 24.8 Å². The van der Waals surface area contributed by atoms with Crippen LogP contribution in [-0.2, 0) is 4.74 Å². The van der Waals surface area contributed by atoms with Crippen molar-refractivity contribution in [3.63, 3.8) is 0 Å². The number of amidine groups is 1. The lowest BCUT2D eigenvalue weighted by Gasteiger charge is -2.18. The fourth-order valence-electron chi connectivity index (χ4n) is 2.50. The number of H-pyrrole nitrogens is 1. The molecule has 0 aliphatic heterocycles. The monoisotopic (exact) mass is 428 g/mol. The molecule has 3 rings (SSSR count). The lowest BCUT2D eigenvalue weighted by Crippen LogP contribution is -2.27. The number of aromatic amines is 1. The Labute approximate surface area is 167 Å². The van der Waals surface area contributed by atoms with Crippen molar-refractivity contribution in [2.24, 2.45) is 0 Å². The van der Waals surface area contributed by atoms with Crippen molar-refractivity contribution >= 4 is 40.2 Å². The molecule has 0 atom stereocenters. The topological polar surface area (TPSA) is 110 Å². The second-order valence-electron chi connectivity index (χ2n) is 5.81. The lowest BCUT2D eigenvalue weighted by molar-refractivity contribution is -0.128. The van der Waals surface area contributed by atoms with Gasteiger partial charge in [0.05, 0.1) is 22.8 Å². The van der Waals surface area contributed by atoms with Crippen molar-refractivity contribution < 1.29 is 23.1 Å². The van der Waals surface area contributed by atoms with Crippen LogP contribution < -0.4 is 10.4 Å². The van der Waals surface area contributed by atoms with Gasteiger partial charge in [0, 0.05) is 18.3 Å². The van der Waals surface area contributed by atoms with E-state index in [1.165, 1.54) is 24.4 Å². The van der Waals surface area contributed by atoms with Crippen molar-refractivity contribution in [2.75, 3.05) is 23.5 Å². The molecule has 0 radical (unpaired) electrons. The van der Waals surface area contributed by atoms with Gasteiger partial charge in [0.1, 0.15) is 5.82 Å². The minimum atomic E-state index is -2.81. The van der Waals surface area contributed by atoms with Crippen molar-refractivity contribution in [2.45, 2.75) is 13.0 Å². The highest BCUT2D eigenvalue weighted by molar-refractivity contribution is 6.31. The highest BCUT2D eigenvalue weighted by Crippen LogP contribution is 2.24. The number of pyridine rings is 1. The zero-order valence-electron chi connectivity index (χ0n) is 14.8. The molecule has 12 heteroatoms. The number of nitrogens with one attached hydrogen (secondary N) is 3. The third kappa shape index (κ3) is 4.94. The molecular formula is C17H16ClF3N6O2. The summed E-state index contributed by atoms with van der Waals surface area (Å²) in [5, 5.41) is 21.9. The first-order valence-corrected chi connectivity index (χ1v) is 8.76. The summed E-state index contributed by atoms with van der Waals surface area (Å²) in [7, 11) is 0. The average molecular weight is 429 g/mol. The zero-order valence-corrected chi connectivity index (χ0v) is 15.6. The van der Waals surface area contributed by atoms with Crippen molar-refractivity contribution in [3.8, 4) is 0 Å². The molecule has 0 fully saturated rings. The number of anilines is 2. The van der Waals surface area contributed by atoms with Crippen LogP contribution in [0, 0.1) is 11.2 Å². The third-order valence-electron chi connectivity index (χ3n) is 3.86. The van der Waals surface area contributed by atoms with Crippen LogP contribution in [0.5, 0.6) is 0 Å². The van der Waals surface area contributed by atoms with E-state index in [0.29, 0.717) is 29.5 Å². The van der Waals surface area contributed by atoms with E-state index >= 15 is 0 Å². The fourth-order valence-corrected chi connectivity index (χ4v) is 2.68. The number of ether oxygens (including phenoxy) is 1. The number of alkyl halides is 2. The molecular weight excluding hydrogens is 413 g/mol. The van der Waals surface area contributed by atoms with Crippen molar-refractivity contribution in [1.82, 2.24) is 15.0 Å². The van der Waals surface area contributed by atoms with E-state index in [1.54, 1.807) is 0 Å². The number of benzene rings is 1. The van der Waals surface area contributed by atoms with Crippen LogP contribution in [0.2, 0.25) is 5.02 Å². The molecule has 0 unspecified atom stereocenters. The molecule has 154 valence electrons. The summed E-state index contributed by atoms with van der Waals surface area (Å²) >= 11 is 5.73. The van der Waals surface area contributed by atoms with Gasteiger partial charge in [-0.2, -0.15) is 13.8 Å². The van der Waals surface area contributed by atoms with Crippen LogP contribution in [0.25, 0.3) is 11.2 Å². The summed E-state index contributed by atoms with van der Waals surface area (Å²) in [6.45, 7) is -2.60. The SMILES string of the molecule is N=C(c1ccnc2nc(NCCCOC(F)F)[nH]c12)N(O)c1ccc(F)c(Cl)c1. The molecule has 0 amide bonds. The summed E-state index contributed by atoms with van der Waals surface area (Å²) < 4.78 is 41.4. The third-order valence-corrected chi connectivity index (χ3v) is 4.15. The number of hydroxylamine groups is 1. The Kier molecular flexibility index (Phi) is 6.52. The second-order valence-corrected chi connectivity index (χ2v) is 6.22. The molecule has 0 aliphatic carbocycles. The highest BCUT2D eigenvalue weighted by Gasteiger charge is 2.18. The minimum absolute atomic E-state index is 0.100. The molecule has 1 aromatic carbocycles. The Morgan fingerprint density at radius 3 is 2.90 bits per heavy atom. The number of nitrogens with zero attached hydrogens (tertiary/aromatic N) is 3. The predicted octanol–water partition coefficient (Wildman–Crippen LogP) is 4.01. The van der Waals surface area contributed by atoms with Gasteiger partial charge in [0.25, 0.3) is 0 Å². The first kappa shape index (κ1) is 20.8. The number of halogens is 4. The number of aromatic nitrogens is 3. The van der Waals surface area contributed by atoms with Gasteiger partial charge >= 0.3 is 6.61 Å². The Balaban J connectivity index is 1.76. The molecule has 4 N–H and O–H groups in total. The Hall–Kier alpha value is -2.89. The van der Waals surface area contributed by atoms with E-state index in [1.807, 2.05) is 0 Å². The van der Waals surface area contributed by atoms with E-state index in [-0.39, 0.29) is 34.4 Å². The first-order valence-electron chi connectivity index (χ1n) is 8.38. The van der Waals surface area contributed by atoms with Gasteiger partial charge in [0.2, 0.25) is 5.95 Å². The standard InChI is InChI=1S/C17H16ClF3N6O2/c18-11-8-9(2-3-12(11)19)27(28)14(22)10-4-6-23-15-13(10)25-17(26-15)24-5-1-7-29-16(20)21/h2-4,6,8,16,22,28H,1,5,7H2,(H2,23,24,25,26). The molecule has 0 bridgehead atoms. The summed E-state index contributed by atoms with van der Waals surface area (Å²) in [4.78, 5) is 11.2. The van der Waals surface area contributed by atoms with E-state index < -0.39 is 12.4 Å². The Morgan fingerprint density at radius 1 is 1.38 bits per heavy atom. The van der Waals surface area contributed by atoms with E-state index in [0.717, 1.165) is 6.07 Å². The molecule has 8 nitrogen and oxygen atoms in total. The number of fused-ring (bicyclic) bond motifs is 1. The quantitative estimate of drug-likeness (QED) is 0.187. The molecule has 2 aromatic heterocycles. The molecule has 2 heterocycles. The normalized spacial score (nSPS) is 11.2. The van der Waals surface area contributed by atoms with Gasteiger partial charge in [-0.25, -0.2) is 14.4 Å².